The van der Waals surface area contributed by atoms with Gasteiger partial charge in [0.1, 0.15) is 0 Å². The third-order valence-electron chi connectivity index (χ3n) is 7.20. The molecule has 4 nitrogen and oxygen atoms in total. The normalized spacial score (nSPS) is 16.2. The summed E-state index contributed by atoms with van der Waals surface area (Å²) >= 11 is 13.2. The number of carbonyl (C=O) groups excluding carboxylic acids is 1. The van der Waals surface area contributed by atoms with Crippen LogP contribution in [-0.4, -0.2) is 38.6 Å². The lowest BCUT2D eigenvalue weighted by atomic mass is 9.87. The molecule has 3 aromatic carbocycles. The Morgan fingerprint density at radius 2 is 1.78 bits per heavy atom. The van der Waals surface area contributed by atoms with Crippen LogP contribution in [0.1, 0.15) is 54.1 Å². The Morgan fingerprint density at radius 1 is 1.06 bits per heavy atom. The Labute approximate surface area is 229 Å². The first-order valence-corrected chi connectivity index (χ1v) is 13.3. The number of unbranched alkanes of at least 4 members (excludes halogenated alkanes) is 1. The molecule has 7 heteroatoms. The van der Waals surface area contributed by atoms with Crippen molar-refractivity contribution in [3.8, 4) is 22.3 Å². The summed E-state index contributed by atoms with van der Waals surface area (Å²) in [6, 6.07) is 16.3. The first kappa shape index (κ1) is 26.8. The van der Waals surface area contributed by atoms with Gasteiger partial charge in [0, 0.05) is 44.2 Å². The number of fused-ring (bicyclic) bond motifs is 3. The number of piperazine rings is 1. The average Bonchev–Trinajstić information content (AvgIpc) is 3.18. The molecule has 0 bridgehead atoms. The minimum atomic E-state index is -0.0302. The van der Waals surface area contributed by atoms with Gasteiger partial charge in [-0.05, 0) is 46.4 Å². The minimum Gasteiger partial charge on any atom is -0.368 e. The number of hydrogen-bond donors (Lipinski definition) is 2. The Kier molecular flexibility index (Phi) is 8.52. The molecule has 3 aromatic rings. The molecule has 1 amide bonds. The van der Waals surface area contributed by atoms with E-state index in [0.29, 0.717) is 22.2 Å². The van der Waals surface area contributed by atoms with Crippen LogP contribution in [0, 0.1) is 0 Å². The highest BCUT2D eigenvalue weighted by molar-refractivity contribution is 6.43. The molecule has 190 valence electrons. The number of anilines is 1. The number of carbonyl (C=O) groups is 1. The van der Waals surface area contributed by atoms with E-state index in [0.717, 1.165) is 61.4 Å². The number of nitrogens with zero attached hydrogens (tertiary/aromatic N) is 1. The third kappa shape index (κ3) is 4.72. The second kappa shape index (κ2) is 11.4. The van der Waals surface area contributed by atoms with Gasteiger partial charge in [0.2, 0.25) is 0 Å². The molecule has 1 aliphatic carbocycles. The Balaban J connectivity index is 0.00000304. The molecular formula is C29H32Cl3N3O. The summed E-state index contributed by atoms with van der Waals surface area (Å²) in [5, 5.41) is 7.64. The highest BCUT2D eigenvalue weighted by atomic mass is 35.5. The Hall–Kier alpha value is -2.24. The second-order valence-corrected chi connectivity index (χ2v) is 10.2. The molecule has 0 radical (unpaired) electrons. The Morgan fingerprint density at radius 3 is 2.53 bits per heavy atom. The fourth-order valence-corrected chi connectivity index (χ4v) is 5.87. The molecular weight excluding hydrogens is 513 g/mol. The van der Waals surface area contributed by atoms with Gasteiger partial charge >= 0.3 is 0 Å². The quantitative estimate of drug-likeness (QED) is 0.324. The molecule has 5 rings (SSSR count). The molecule has 1 saturated heterocycles. The maximum atomic E-state index is 13.7. The number of rotatable bonds is 6. The van der Waals surface area contributed by atoms with Crippen LogP contribution >= 0.6 is 35.6 Å². The van der Waals surface area contributed by atoms with E-state index in [9.17, 15) is 4.79 Å². The zero-order valence-electron chi connectivity index (χ0n) is 20.7. The van der Waals surface area contributed by atoms with E-state index in [1.807, 2.05) is 18.2 Å². The molecule has 0 saturated carbocycles. The predicted molar refractivity (Wildman–Crippen MR) is 154 cm³/mol. The van der Waals surface area contributed by atoms with Crippen LogP contribution < -0.4 is 15.5 Å². The lowest BCUT2D eigenvalue weighted by Gasteiger charge is -2.34. The van der Waals surface area contributed by atoms with E-state index in [2.05, 4.69) is 53.6 Å². The van der Waals surface area contributed by atoms with Gasteiger partial charge in [-0.2, -0.15) is 0 Å². The summed E-state index contributed by atoms with van der Waals surface area (Å²) in [5.41, 5.74) is 8.45. The second-order valence-electron chi connectivity index (χ2n) is 9.37. The van der Waals surface area contributed by atoms with Gasteiger partial charge in [0.05, 0.1) is 21.3 Å². The standard InChI is InChI=1S/C29H31Cl2N3O.ClH/c1-3-4-12-33-29(35)23-17-22(21-10-7-11-24(30)27(21)31)26-20-9-6-5-8-19(20)18(2)25(26)28(23)34-15-13-32-14-16-34;/h5-11,17-18,32H,3-4,12-16H2,1-2H3,(H,33,35);1H. The summed E-state index contributed by atoms with van der Waals surface area (Å²) in [7, 11) is 0. The van der Waals surface area contributed by atoms with Gasteiger partial charge in [0.15, 0.2) is 0 Å². The fourth-order valence-electron chi connectivity index (χ4n) is 5.46. The van der Waals surface area contributed by atoms with Crippen molar-refractivity contribution in [3.63, 3.8) is 0 Å². The number of hydrogen-bond acceptors (Lipinski definition) is 3. The van der Waals surface area contributed by atoms with Crippen molar-refractivity contribution < 1.29 is 4.79 Å². The van der Waals surface area contributed by atoms with E-state index >= 15 is 0 Å². The van der Waals surface area contributed by atoms with Crippen molar-refractivity contribution in [2.24, 2.45) is 0 Å². The maximum absolute atomic E-state index is 13.7. The SMILES string of the molecule is CCCCNC(=O)c1cc(-c2cccc(Cl)c2Cl)c2c(c1N1CCNCC1)C(C)c1ccccc1-2.Cl. The van der Waals surface area contributed by atoms with Crippen LogP contribution in [-0.2, 0) is 0 Å². The molecule has 2 aliphatic rings. The van der Waals surface area contributed by atoms with Crippen molar-refractivity contribution in [2.75, 3.05) is 37.6 Å². The summed E-state index contributed by atoms with van der Waals surface area (Å²) < 4.78 is 0. The molecule has 1 heterocycles. The van der Waals surface area contributed by atoms with Crippen LogP contribution in [0.15, 0.2) is 48.5 Å². The Bertz CT molecular complexity index is 1270. The molecule has 2 N–H and O–H groups in total. The van der Waals surface area contributed by atoms with Gasteiger partial charge in [-0.3, -0.25) is 4.79 Å². The first-order valence-electron chi connectivity index (χ1n) is 12.5. The van der Waals surface area contributed by atoms with E-state index in [4.69, 9.17) is 23.2 Å². The molecule has 0 spiro atoms. The lowest BCUT2D eigenvalue weighted by molar-refractivity contribution is 0.0953. The van der Waals surface area contributed by atoms with Gasteiger partial charge in [-0.1, -0.05) is 79.9 Å². The largest absolute Gasteiger partial charge is 0.368 e. The summed E-state index contributed by atoms with van der Waals surface area (Å²) in [4.78, 5) is 16.1. The van der Waals surface area contributed by atoms with Gasteiger partial charge in [-0.15, -0.1) is 12.4 Å². The number of halogens is 3. The van der Waals surface area contributed by atoms with Crippen molar-refractivity contribution in [1.29, 1.82) is 0 Å². The fraction of sp³-hybridized carbons (Fsp3) is 0.345. The van der Waals surface area contributed by atoms with Crippen molar-refractivity contribution in [2.45, 2.75) is 32.6 Å². The van der Waals surface area contributed by atoms with Crippen LogP contribution in [0.2, 0.25) is 10.0 Å². The molecule has 1 unspecified atom stereocenters. The van der Waals surface area contributed by atoms with Gasteiger partial charge in [0.25, 0.3) is 5.91 Å². The maximum Gasteiger partial charge on any atom is 0.253 e. The summed E-state index contributed by atoms with van der Waals surface area (Å²) in [5.74, 6) is 0.128. The third-order valence-corrected chi connectivity index (χ3v) is 8.02. The van der Waals surface area contributed by atoms with Crippen LogP contribution in [0.5, 0.6) is 0 Å². The zero-order chi connectivity index (χ0) is 24.5. The zero-order valence-corrected chi connectivity index (χ0v) is 23.0. The average molecular weight is 545 g/mol. The van der Waals surface area contributed by atoms with Crippen molar-refractivity contribution in [1.82, 2.24) is 10.6 Å². The summed E-state index contributed by atoms with van der Waals surface area (Å²) in [6.07, 6.45) is 1.99. The first-order chi connectivity index (χ1) is 17.0. The number of amides is 1. The highest BCUT2D eigenvalue weighted by Crippen LogP contribution is 2.54. The molecule has 1 aliphatic heterocycles. The van der Waals surface area contributed by atoms with Crippen LogP contribution in [0.25, 0.3) is 22.3 Å². The predicted octanol–water partition coefficient (Wildman–Crippen LogP) is 7.15. The smallest absolute Gasteiger partial charge is 0.253 e. The van der Waals surface area contributed by atoms with E-state index < -0.39 is 0 Å². The topological polar surface area (TPSA) is 44.4 Å². The molecule has 1 fully saturated rings. The van der Waals surface area contributed by atoms with Gasteiger partial charge in [-0.25, -0.2) is 0 Å². The van der Waals surface area contributed by atoms with E-state index in [1.165, 1.54) is 16.7 Å². The van der Waals surface area contributed by atoms with Crippen molar-refractivity contribution in [3.05, 3.63) is 75.3 Å². The van der Waals surface area contributed by atoms with Crippen LogP contribution in [0.4, 0.5) is 5.69 Å². The number of nitrogens with one attached hydrogen (secondary N) is 2. The van der Waals surface area contributed by atoms with E-state index in [-0.39, 0.29) is 24.2 Å². The highest BCUT2D eigenvalue weighted by Gasteiger charge is 2.36. The molecule has 36 heavy (non-hydrogen) atoms. The van der Waals surface area contributed by atoms with Crippen molar-refractivity contribution >= 4 is 47.2 Å². The summed E-state index contributed by atoms with van der Waals surface area (Å²) in [6.45, 7) is 8.56. The molecule has 1 atom stereocenters. The monoisotopic (exact) mass is 543 g/mol. The minimum absolute atomic E-state index is 0. The number of benzene rings is 3. The van der Waals surface area contributed by atoms with E-state index in [1.54, 1.807) is 6.07 Å². The lowest BCUT2D eigenvalue weighted by Crippen LogP contribution is -2.45. The van der Waals surface area contributed by atoms with Crippen LogP contribution in [0.3, 0.4) is 0 Å². The molecule has 0 aromatic heterocycles. The van der Waals surface area contributed by atoms with Gasteiger partial charge < -0.3 is 15.5 Å².